The van der Waals surface area contributed by atoms with E-state index in [1.165, 1.54) is 321 Å². The van der Waals surface area contributed by atoms with Crippen LogP contribution in [0.5, 0.6) is 0 Å². The SMILES string of the molecule is CCCCCCC/C=C\C/C=C\CCCCCCCCCCCCCCCCCCCC(=O)NC(COC1OC(CO)C(O)C(O)C1O)C(O)/C=C/CCCCCCCCCCCCCCCCCCCCCCCCCCCCCCCCC. The molecule has 1 fully saturated rings. The number of nitrogens with one attached hydrogen (secondary N) is 1. The van der Waals surface area contributed by atoms with Crippen molar-refractivity contribution in [1.29, 1.82) is 0 Å². The van der Waals surface area contributed by atoms with Gasteiger partial charge >= 0.3 is 0 Å². The first kappa shape index (κ1) is 81.4. The van der Waals surface area contributed by atoms with Gasteiger partial charge in [0.15, 0.2) is 6.29 Å². The number of amides is 1. The van der Waals surface area contributed by atoms with Crippen molar-refractivity contribution in [3.63, 3.8) is 0 Å². The van der Waals surface area contributed by atoms with Gasteiger partial charge in [-0.2, -0.15) is 0 Å². The Kier molecular flexibility index (Phi) is 62.6. The van der Waals surface area contributed by atoms with Crippen LogP contribution in [0.2, 0.25) is 0 Å². The van der Waals surface area contributed by atoms with Gasteiger partial charge < -0.3 is 40.3 Å². The van der Waals surface area contributed by atoms with E-state index < -0.39 is 49.5 Å². The minimum Gasteiger partial charge on any atom is -0.394 e. The lowest BCUT2D eigenvalue weighted by Gasteiger charge is -2.40. The lowest BCUT2D eigenvalue weighted by Crippen LogP contribution is -2.60. The van der Waals surface area contributed by atoms with Gasteiger partial charge in [0.1, 0.15) is 24.4 Å². The average molecular weight is 1200 g/mol. The monoisotopic (exact) mass is 1200 g/mol. The fraction of sp³-hybridized carbons (Fsp3) is 0.908. The van der Waals surface area contributed by atoms with Gasteiger partial charge in [0.2, 0.25) is 5.91 Å². The maximum Gasteiger partial charge on any atom is 0.220 e. The molecule has 0 aromatic carbocycles. The van der Waals surface area contributed by atoms with Crippen molar-refractivity contribution in [1.82, 2.24) is 5.32 Å². The number of hydrogen-bond acceptors (Lipinski definition) is 8. The average Bonchev–Trinajstić information content (AvgIpc) is 3.56. The predicted octanol–water partition coefficient (Wildman–Crippen LogP) is 21.0. The minimum atomic E-state index is -1.57. The van der Waals surface area contributed by atoms with Gasteiger partial charge in [0, 0.05) is 6.42 Å². The summed E-state index contributed by atoms with van der Waals surface area (Å²) in [6.45, 7) is 3.83. The summed E-state index contributed by atoms with van der Waals surface area (Å²) in [4.78, 5) is 13.1. The van der Waals surface area contributed by atoms with Crippen molar-refractivity contribution < 1.29 is 39.8 Å². The van der Waals surface area contributed by atoms with Crippen LogP contribution >= 0.6 is 0 Å². The van der Waals surface area contributed by atoms with Crippen LogP contribution in [0, 0.1) is 0 Å². The fourth-order valence-corrected chi connectivity index (χ4v) is 12.3. The molecular weight excluding hydrogens is 1050 g/mol. The highest BCUT2D eigenvalue weighted by atomic mass is 16.7. The number of carbonyl (C=O) groups excluding carboxylic acids is 1. The number of rotatable bonds is 67. The Balaban J connectivity index is 2.09. The molecule has 0 spiro atoms. The van der Waals surface area contributed by atoms with Crippen molar-refractivity contribution in [2.75, 3.05) is 13.2 Å². The van der Waals surface area contributed by atoms with Gasteiger partial charge in [0.05, 0.1) is 25.4 Å². The topological polar surface area (TPSA) is 149 Å². The summed E-state index contributed by atoms with van der Waals surface area (Å²) in [5, 5.41) is 54.9. The lowest BCUT2D eigenvalue weighted by atomic mass is 9.99. The Morgan fingerprint density at radius 2 is 0.694 bits per heavy atom. The number of unbranched alkanes of at least 4 members (excludes halogenated alkanes) is 53. The van der Waals surface area contributed by atoms with E-state index >= 15 is 0 Å². The molecule has 0 bridgehead atoms. The lowest BCUT2D eigenvalue weighted by molar-refractivity contribution is -0.302. The third-order valence-electron chi connectivity index (χ3n) is 18.2. The highest BCUT2D eigenvalue weighted by Crippen LogP contribution is 2.24. The van der Waals surface area contributed by atoms with E-state index in [9.17, 15) is 30.3 Å². The normalized spacial score (nSPS) is 18.2. The number of aliphatic hydroxyl groups is 5. The predicted molar refractivity (Wildman–Crippen MR) is 364 cm³/mol. The van der Waals surface area contributed by atoms with Gasteiger partial charge in [-0.3, -0.25) is 4.79 Å². The van der Waals surface area contributed by atoms with Crippen LogP contribution in [0.3, 0.4) is 0 Å². The molecule has 1 amide bonds. The van der Waals surface area contributed by atoms with E-state index in [-0.39, 0.29) is 12.5 Å². The Hall–Kier alpha value is -1.59. The molecular formula is C76H145NO8. The van der Waals surface area contributed by atoms with Gasteiger partial charge in [-0.15, -0.1) is 0 Å². The molecule has 502 valence electrons. The third-order valence-corrected chi connectivity index (χ3v) is 18.2. The molecule has 0 saturated carbocycles. The highest BCUT2D eigenvalue weighted by molar-refractivity contribution is 5.76. The van der Waals surface area contributed by atoms with E-state index in [4.69, 9.17) is 9.47 Å². The van der Waals surface area contributed by atoms with Crippen molar-refractivity contribution in [2.45, 2.75) is 429 Å². The van der Waals surface area contributed by atoms with E-state index in [0.717, 1.165) is 44.9 Å². The highest BCUT2D eigenvalue weighted by Gasteiger charge is 2.44. The maximum absolute atomic E-state index is 13.1. The molecule has 85 heavy (non-hydrogen) atoms. The molecule has 7 unspecified atom stereocenters. The number of hydrogen-bond donors (Lipinski definition) is 6. The van der Waals surface area contributed by atoms with Crippen molar-refractivity contribution in [3.05, 3.63) is 36.5 Å². The molecule has 9 nitrogen and oxygen atoms in total. The molecule has 6 N–H and O–H groups in total. The van der Waals surface area contributed by atoms with Crippen LogP contribution < -0.4 is 5.32 Å². The maximum atomic E-state index is 13.1. The summed E-state index contributed by atoms with van der Waals surface area (Å²) in [7, 11) is 0. The van der Waals surface area contributed by atoms with Crippen molar-refractivity contribution in [3.8, 4) is 0 Å². The molecule has 0 aromatic heterocycles. The number of allylic oxidation sites excluding steroid dienone is 5. The second kappa shape index (κ2) is 65.4. The molecule has 9 heteroatoms. The Morgan fingerprint density at radius 3 is 1.01 bits per heavy atom. The molecule has 0 aromatic rings. The van der Waals surface area contributed by atoms with Crippen LogP contribution in [0.4, 0.5) is 0 Å². The summed E-state index contributed by atoms with van der Waals surface area (Å²) in [6.07, 6.45) is 81.3. The van der Waals surface area contributed by atoms with Gasteiger partial charge in [-0.25, -0.2) is 0 Å². The van der Waals surface area contributed by atoms with Gasteiger partial charge in [0.25, 0.3) is 0 Å². The zero-order valence-electron chi connectivity index (χ0n) is 56.4. The van der Waals surface area contributed by atoms with E-state index in [1.54, 1.807) is 6.08 Å². The zero-order valence-corrected chi connectivity index (χ0v) is 56.4. The standard InChI is InChI=1S/C76H145NO8/c1-3-5-7-9-11-13-15-17-19-21-23-25-27-29-31-33-34-35-36-38-39-41-43-45-47-49-51-53-55-57-59-61-63-65-70(79)69(68-84-76-75(83)74(82)73(81)71(67-78)85-76)77-72(80)66-64-62-60-58-56-54-52-50-48-46-44-42-40-37-32-30-28-26-24-22-20-18-16-14-12-10-8-6-4-2/h16,18,22,24,63,65,69-71,73-76,78-79,81-83H,3-15,17,19-21,23,25-62,64,66-68H2,1-2H3,(H,77,80)/b18-16-,24-22-,65-63+. The Bertz CT molecular complexity index is 1440. The van der Waals surface area contributed by atoms with Crippen LogP contribution in [0.25, 0.3) is 0 Å². The Morgan fingerprint density at radius 1 is 0.400 bits per heavy atom. The van der Waals surface area contributed by atoms with Crippen LogP contribution in [-0.2, 0) is 14.3 Å². The minimum absolute atomic E-state index is 0.170. The number of ether oxygens (including phenoxy) is 2. The Labute approximate surface area is 527 Å². The van der Waals surface area contributed by atoms with Gasteiger partial charge in [-0.1, -0.05) is 365 Å². The molecule has 7 atom stereocenters. The first-order valence-electron chi connectivity index (χ1n) is 37.7. The smallest absolute Gasteiger partial charge is 0.220 e. The van der Waals surface area contributed by atoms with E-state index in [2.05, 4.69) is 43.5 Å². The zero-order chi connectivity index (χ0) is 61.4. The second-order valence-electron chi connectivity index (χ2n) is 26.4. The molecule has 0 aliphatic carbocycles. The van der Waals surface area contributed by atoms with Gasteiger partial charge in [-0.05, 0) is 51.4 Å². The van der Waals surface area contributed by atoms with Crippen molar-refractivity contribution >= 4 is 5.91 Å². The summed E-state index contributed by atoms with van der Waals surface area (Å²) in [6, 6.07) is -0.806. The first-order chi connectivity index (χ1) is 41.8. The van der Waals surface area contributed by atoms with Crippen molar-refractivity contribution in [2.24, 2.45) is 0 Å². The van der Waals surface area contributed by atoms with Crippen LogP contribution in [0.15, 0.2) is 36.5 Å². The fourth-order valence-electron chi connectivity index (χ4n) is 12.3. The molecule has 1 aliphatic rings. The summed E-state index contributed by atoms with van der Waals surface area (Å²) < 4.78 is 11.3. The molecule has 0 radical (unpaired) electrons. The van der Waals surface area contributed by atoms with E-state index in [0.29, 0.717) is 6.42 Å². The summed E-state index contributed by atoms with van der Waals surface area (Å²) in [5.41, 5.74) is 0. The quantitative estimate of drug-likeness (QED) is 0.0261. The van der Waals surface area contributed by atoms with E-state index in [1.807, 2.05) is 6.08 Å². The summed E-state index contributed by atoms with van der Waals surface area (Å²) >= 11 is 0. The third kappa shape index (κ3) is 53.9. The molecule has 1 rings (SSSR count). The second-order valence-corrected chi connectivity index (χ2v) is 26.4. The largest absolute Gasteiger partial charge is 0.394 e. The molecule has 1 heterocycles. The van der Waals surface area contributed by atoms with Crippen LogP contribution in [-0.4, -0.2) is 87.5 Å². The summed E-state index contributed by atoms with van der Waals surface area (Å²) in [5.74, 6) is -0.170. The molecule has 1 aliphatic heterocycles. The van der Waals surface area contributed by atoms with Crippen LogP contribution in [0.1, 0.15) is 386 Å². The first-order valence-corrected chi connectivity index (χ1v) is 37.7. The molecule has 1 saturated heterocycles. The number of aliphatic hydroxyl groups excluding tert-OH is 5. The number of carbonyl (C=O) groups is 1.